The van der Waals surface area contributed by atoms with Crippen LogP contribution in [-0.2, 0) is 28.9 Å². The van der Waals surface area contributed by atoms with Crippen molar-refractivity contribution in [3.05, 3.63) is 17.7 Å². The Morgan fingerprint density at radius 2 is 2.33 bits per heavy atom. The average Bonchev–Trinajstić information content (AvgIpc) is 2.73. The van der Waals surface area contributed by atoms with Crippen LogP contribution >= 0.6 is 0 Å². The number of carbonyl (C=O) groups is 1. The molecule has 5 nitrogen and oxygen atoms in total. The van der Waals surface area contributed by atoms with E-state index in [-0.39, 0.29) is 11.9 Å². The van der Waals surface area contributed by atoms with Gasteiger partial charge in [0.1, 0.15) is 6.54 Å². The van der Waals surface area contributed by atoms with E-state index in [0.717, 1.165) is 12.8 Å². The van der Waals surface area contributed by atoms with Gasteiger partial charge in [-0.3, -0.25) is 4.79 Å². The van der Waals surface area contributed by atoms with Gasteiger partial charge in [-0.25, -0.2) is 4.98 Å². The van der Waals surface area contributed by atoms with Crippen molar-refractivity contribution in [1.29, 1.82) is 0 Å². The van der Waals surface area contributed by atoms with Gasteiger partial charge in [0, 0.05) is 18.8 Å². The quantitative estimate of drug-likeness (QED) is 0.846. The minimum absolute atomic E-state index is 0.0188. The smallest absolute Gasteiger partial charge is 0.240 e. The first-order valence-electron chi connectivity index (χ1n) is 6.52. The number of aryl methyl sites for hydroxylation is 1. The lowest BCUT2D eigenvalue weighted by atomic mass is 10.0. The molecule has 0 spiro atoms. The van der Waals surface area contributed by atoms with Gasteiger partial charge < -0.3 is 14.6 Å². The number of imidazole rings is 1. The van der Waals surface area contributed by atoms with Crippen molar-refractivity contribution in [1.82, 2.24) is 14.9 Å². The molecule has 0 aliphatic heterocycles. The number of hydrogen-bond donors (Lipinski definition) is 1. The summed E-state index contributed by atoms with van der Waals surface area (Å²) in [5, 5.41) is 2.91. The summed E-state index contributed by atoms with van der Waals surface area (Å²) in [4.78, 5) is 16.2. The molecule has 5 heteroatoms. The van der Waals surface area contributed by atoms with Crippen molar-refractivity contribution in [2.75, 3.05) is 13.7 Å². The van der Waals surface area contributed by atoms with E-state index in [9.17, 15) is 4.79 Å². The predicted octanol–water partition coefficient (Wildman–Crippen LogP) is 0.913. The van der Waals surface area contributed by atoms with Gasteiger partial charge in [-0.15, -0.1) is 0 Å². The van der Waals surface area contributed by atoms with Gasteiger partial charge in [0.2, 0.25) is 5.91 Å². The molecule has 0 aromatic carbocycles. The minimum Gasteiger partial charge on any atom is -0.383 e. The molecule has 1 amide bonds. The molecule has 0 saturated carbocycles. The van der Waals surface area contributed by atoms with Gasteiger partial charge in [-0.1, -0.05) is 0 Å². The van der Waals surface area contributed by atoms with Crippen molar-refractivity contribution < 1.29 is 9.53 Å². The van der Waals surface area contributed by atoms with Crippen molar-refractivity contribution in [2.24, 2.45) is 0 Å². The highest BCUT2D eigenvalue weighted by Gasteiger charge is 2.17. The Morgan fingerprint density at radius 1 is 1.56 bits per heavy atom. The van der Waals surface area contributed by atoms with Crippen LogP contribution in [0.1, 0.15) is 31.2 Å². The second-order valence-corrected chi connectivity index (χ2v) is 4.90. The van der Waals surface area contributed by atoms with Crippen LogP contribution in [0.25, 0.3) is 0 Å². The molecule has 1 N–H and O–H groups in total. The fraction of sp³-hybridized carbons (Fsp3) is 0.692. The molecule has 2 rings (SSSR count). The number of fused-ring (bicyclic) bond motifs is 1. The third-order valence-electron chi connectivity index (χ3n) is 3.25. The molecule has 18 heavy (non-hydrogen) atoms. The van der Waals surface area contributed by atoms with Crippen molar-refractivity contribution in [3.63, 3.8) is 0 Å². The van der Waals surface area contributed by atoms with E-state index in [2.05, 4.69) is 10.3 Å². The number of nitrogens with zero attached hydrogens (tertiary/aromatic N) is 2. The molecule has 1 aliphatic carbocycles. The van der Waals surface area contributed by atoms with Crippen LogP contribution in [0.5, 0.6) is 0 Å². The largest absolute Gasteiger partial charge is 0.383 e. The summed E-state index contributed by atoms with van der Waals surface area (Å²) >= 11 is 0. The zero-order chi connectivity index (χ0) is 13.0. The molecular weight excluding hydrogens is 230 g/mol. The maximum Gasteiger partial charge on any atom is 0.240 e. The van der Waals surface area contributed by atoms with E-state index in [1.54, 1.807) is 13.4 Å². The van der Waals surface area contributed by atoms with Crippen LogP contribution in [-0.4, -0.2) is 35.2 Å². The summed E-state index contributed by atoms with van der Waals surface area (Å²) in [6, 6.07) is 0.0434. The van der Waals surface area contributed by atoms with Crippen LogP contribution in [0.2, 0.25) is 0 Å². The van der Waals surface area contributed by atoms with E-state index >= 15 is 0 Å². The molecule has 1 aliphatic rings. The van der Waals surface area contributed by atoms with Crippen molar-refractivity contribution >= 4 is 5.91 Å². The van der Waals surface area contributed by atoms with Gasteiger partial charge in [0.25, 0.3) is 0 Å². The predicted molar refractivity (Wildman–Crippen MR) is 68.3 cm³/mol. The van der Waals surface area contributed by atoms with Crippen LogP contribution in [0.4, 0.5) is 0 Å². The number of methoxy groups -OCH3 is 1. The molecular formula is C13H21N3O2. The first-order chi connectivity index (χ1) is 8.70. The lowest BCUT2D eigenvalue weighted by Crippen LogP contribution is -2.37. The second kappa shape index (κ2) is 6.00. The van der Waals surface area contributed by atoms with Crippen LogP contribution in [0, 0.1) is 0 Å². The number of aromatic nitrogens is 2. The monoisotopic (exact) mass is 251 g/mol. The summed E-state index contributed by atoms with van der Waals surface area (Å²) in [6.07, 6.45) is 6.28. The lowest BCUT2D eigenvalue weighted by molar-refractivity contribution is -0.122. The van der Waals surface area contributed by atoms with Gasteiger partial charge in [0.15, 0.2) is 0 Å². The Labute approximate surface area is 108 Å². The highest BCUT2D eigenvalue weighted by molar-refractivity contribution is 5.76. The summed E-state index contributed by atoms with van der Waals surface area (Å²) in [6.45, 7) is 2.83. The number of rotatable bonds is 5. The second-order valence-electron chi connectivity index (χ2n) is 4.90. The summed E-state index contributed by atoms with van der Waals surface area (Å²) < 4.78 is 6.97. The Morgan fingerprint density at radius 3 is 3.11 bits per heavy atom. The summed E-state index contributed by atoms with van der Waals surface area (Å²) in [5.41, 5.74) is 2.40. The molecule has 100 valence electrons. The number of nitrogens with one attached hydrogen (secondary N) is 1. The zero-order valence-electron chi connectivity index (χ0n) is 11.1. The summed E-state index contributed by atoms with van der Waals surface area (Å²) in [5.74, 6) is 0.0188. The number of hydrogen-bond acceptors (Lipinski definition) is 3. The first kappa shape index (κ1) is 13.1. The van der Waals surface area contributed by atoms with E-state index < -0.39 is 0 Å². The fourth-order valence-corrected chi connectivity index (χ4v) is 2.43. The molecule has 1 aromatic heterocycles. The maximum atomic E-state index is 11.9. The topological polar surface area (TPSA) is 56.1 Å². The normalized spacial score (nSPS) is 16.1. The molecule has 1 aromatic rings. The molecule has 0 saturated heterocycles. The summed E-state index contributed by atoms with van der Waals surface area (Å²) in [7, 11) is 1.63. The highest BCUT2D eigenvalue weighted by atomic mass is 16.5. The minimum atomic E-state index is 0.0188. The zero-order valence-corrected chi connectivity index (χ0v) is 11.1. The van der Waals surface area contributed by atoms with Gasteiger partial charge in [-0.05, 0) is 32.6 Å². The molecule has 0 fully saturated rings. The highest BCUT2D eigenvalue weighted by Crippen LogP contribution is 2.19. The third kappa shape index (κ3) is 3.10. The van der Waals surface area contributed by atoms with Gasteiger partial charge >= 0.3 is 0 Å². The lowest BCUT2D eigenvalue weighted by Gasteiger charge is -2.16. The third-order valence-corrected chi connectivity index (χ3v) is 3.25. The van der Waals surface area contributed by atoms with Gasteiger partial charge in [0.05, 0.1) is 18.6 Å². The molecule has 1 atom stereocenters. The van der Waals surface area contributed by atoms with Crippen LogP contribution < -0.4 is 5.32 Å². The Bertz CT molecular complexity index is 414. The fourth-order valence-electron chi connectivity index (χ4n) is 2.43. The van der Waals surface area contributed by atoms with Crippen molar-refractivity contribution in [2.45, 2.75) is 45.2 Å². The number of amides is 1. The Hall–Kier alpha value is -1.36. The van der Waals surface area contributed by atoms with E-state index in [1.165, 1.54) is 24.2 Å². The van der Waals surface area contributed by atoms with Gasteiger partial charge in [-0.2, -0.15) is 0 Å². The molecule has 0 bridgehead atoms. The standard InChI is InChI=1S/C13H21N3O2/c1-10(8-18-2)15-13(17)7-16-9-14-11-5-3-4-6-12(11)16/h9-10H,3-8H2,1-2H3,(H,15,17). The number of ether oxygens (including phenoxy) is 1. The Kier molecular flexibility index (Phi) is 4.36. The molecule has 1 heterocycles. The van der Waals surface area contributed by atoms with E-state index in [4.69, 9.17) is 4.74 Å². The molecule has 1 unspecified atom stereocenters. The SMILES string of the molecule is COCC(C)NC(=O)Cn1cnc2c1CCCC2. The maximum absolute atomic E-state index is 11.9. The van der Waals surface area contributed by atoms with E-state index in [0.29, 0.717) is 13.2 Å². The van der Waals surface area contributed by atoms with Crippen molar-refractivity contribution in [3.8, 4) is 0 Å². The van der Waals surface area contributed by atoms with Crippen LogP contribution in [0.3, 0.4) is 0 Å². The first-order valence-corrected chi connectivity index (χ1v) is 6.52. The number of carbonyl (C=O) groups excluding carboxylic acids is 1. The Balaban J connectivity index is 1.93. The average molecular weight is 251 g/mol. The van der Waals surface area contributed by atoms with Crippen LogP contribution in [0.15, 0.2) is 6.33 Å². The van der Waals surface area contributed by atoms with E-state index in [1.807, 2.05) is 11.5 Å². The molecule has 0 radical (unpaired) electrons.